The molecule has 10 heteroatoms. The number of anilines is 2. The summed E-state index contributed by atoms with van der Waals surface area (Å²) in [6.45, 7) is 1.46. The highest BCUT2D eigenvalue weighted by Gasteiger charge is 2.20. The van der Waals surface area contributed by atoms with Crippen LogP contribution in [0.25, 0.3) is 0 Å². The molecular formula is C26H28N4O5S. The third kappa shape index (κ3) is 8.24. The summed E-state index contributed by atoms with van der Waals surface area (Å²) < 4.78 is 30.9. The number of hydrogen-bond donors (Lipinski definition) is 2. The Labute approximate surface area is 210 Å². The van der Waals surface area contributed by atoms with Gasteiger partial charge in [-0.2, -0.15) is 5.10 Å². The van der Waals surface area contributed by atoms with Gasteiger partial charge in [-0.05, 0) is 66.1 Å². The number of para-hydroxylation sites is 1. The van der Waals surface area contributed by atoms with E-state index in [4.69, 9.17) is 4.74 Å². The van der Waals surface area contributed by atoms with Crippen molar-refractivity contribution in [1.29, 1.82) is 0 Å². The standard InChI is InChI=1S/C26H28N4O5S/c1-3-20-9-13-23(14-10-20)30(36(2,33)34)18-25(31)29-27-17-21-11-15-24(16-12-21)35-19-26(32)28-22-7-5-4-6-8-22/h4-17H,3,18-19H2,1-2H3,(H,28,32)(H,29,31)/b27-17-. The molecule has 0 atom stereocenters. The minimum atomic E-state index is -3.67. The third-order valence-electron chi connectivity index (χ3n) is 5.03. The number of aryl methyl sites for hydroxylation is 1. The summed E-state index contributed by atoms with van der Waals surface area (Å²) >= 11 is 0. The topological polar surface area (TPSA) is 117 Å². The van der Waals surface area contributed by atoms with Crippen LogP contribution in [0.3, 0.4) is 0 Å². The quantitative estimate of drug-likeness (QED) is 0.305. The average molecular weight is 509 g/mol. The van der Waals surface area contributed by atoms with Gasteiger partial charge in [0.2, 0.25) is 10.0 Å². The maximum Gasteiger partial charge on any atom is 0.262 e. The van der Waals surface area contributed by atoms with Crippen LogP contribution in [0.4, 0.5) is 11.4 Å². The molecule has 0 unspecified atom stereocenters. The second-order valence-corrected chi connectivity index (χ2v) is 9.76. The van der Waals surface area contributed by atoms with E-state index in [9.17, 15) is 18.0 Å². The van der Waals surface area contributed by atoms with Crippen molar-refractivity contribution in [3.05, 3.63) is 90.0 Å². The van der Waals surface area contributed by atoms with Crippen LogP contribution in [0.15, 0.2) is 84.0 Å². The lowest BCUT2D eigenvalue weighted by atomic mass is 10.1. The van der Waals surface area contributed by atoms with E-state index in [0.717, 1.165) is 22.5 Å². The number of rotatable bonds is 11. The minimum absolute atomic E-state index is 0.142. The molecule has 0 aromatic heterocycles. The van der Waals surface area contributed by atoms with Crippen LogP contribution in [-0.4, -0.2) is 45.9 Å². The molecule has 0 bridgehead atoms. The Kier molecular flexibility index (Phi) is 9.18. The molecule has 0 aliphatic rings. The van der Waals surface area contributed by atoms with Gasteiger partial charge in [-0.3, -0.25) is 13.9 Å². The lowest BCUT2D eigenvalue weighted by Crippen LogP contribution is -2.39. The Hall–Kier alpha value is -4.18. The molecule has 3 rings (SSSR count). The number of sulfonamides is 1. The van der Waals surface area contributed by atoms with Crippen LogP contribution in [0.5, 0.6) is 5.75 Å². The maximum absolute atomic E-state index is 12.3. The summed E-state index contributed by atoms with van der Waals surface area (Å²) in [6, 6.07) is 22.8. The zero-order valence-electron chi connectivity index (χ0n) is 20.0. The van der Waals surface area contributed by atoms with Gasteiger partial charge in [-0.25, -0.2) is 13.8 Å². The van der Waals surface area contributed by atoms with Crippen LogP contribution < -0.4 is 19.8 Å². The maximum atomic E-state index is 12.3. The van der Waals surface area contributed by atoms with Gasteiger partial charge in [-0.1, -0.05) is 37.3 Å². The van der Waals surface area contributed by atoms with Gasteiger partial charge >= 0.3 is 0 Å². The van der Waals surface area contributed by atoms with Crippen LogP contribution >= 0.6 is 0 Å². The predicted molar refractivity (Wildman–Crippen MR) is 141 cm³/mol. The fourth-order valence-electron chi connectivity index (χ4n) is 3.16. The second kappa shape index (κ2) is 12.5. The highest BCUT2D eigenvalue weighted by molar-refractivity contribution is 7.92. The lowest BCUT2D eigenvalue weighted by molar-refractivity contribution is -0.119. The van der Waals surface area contributed by atoms with Crippen molar-refractivity contribution in [3.63, 3.8) is 0 Å². The first-order valence-corrected chi connectivity index (χ1v) is 13.1. The highest BCUT2D eigenvalue weighted by Crippen LogP contribution is 2.18. The molecule has 9 nitrogen and oxygen atoms in total. The van der Waals surface area contributed by atoms with Crippen molar-refractivity contribution in [2.75, 3.05) is 29.0 Å². The molecule has 0 aliphatic carbocycles. The normalized spacial score (nSPS) is 11.2. The molecule has 0 saturated heterocycles. The molecule has 3 aromatic rings. The summed E-state index contributed by atoms with van der Waals surface area (Å²) in [5.74, 6) is -0.364. The van der Waals surface area contributed by atoms with Crippen LogP contribution in [0.1, 0.15) is 18.1 Å². The Morgan fingerprint density at radius 1 is 0.944 bits per heavy atom. The Bertz CT molecular complexity index is 1290. The number of carbonyl (C=O) groups excluding carboxylic acids is 2. The number of amides is 2. The first kappa shape index (κ1) is 26.4. The zero-order valence-corrected chi connectivity index (χ0v) is 20.9. The summed E-state index contributed by atoms with van der Waals surface area (Å²) in [5.41, 5.74) is 5.17. The van der Waals surface area contributed by atoms with Gasteiger partial charge in [0.1, 0.15) is 12.3 Å². The van der Waals surface area contributed by atoms with Crippen molar-refractivity contribution in [1.82, 2.24) is 5.43 Å². The van der Waals surface area contributed by atoms with Crippen molar-refractivity contribution >= 4 is 39.4 Å². The largest absolute Gasteiger partial charge is 0.484 e. The van der Waals surface area contributed by atoms with Crippen molar-refractivity contribution in [3.8, 4) is 5.75 Å². The van der Waals surface area contributed by atoms with E-state index in [0.29, 0.717) is 22.7 Å². The summed E-state index contributed by atoms with van der Waals surface area (Å²) in [5, 5.41) is 6.63. The smallest absolute Gasteiger partial charge is 0.262 e. The second-order valence-electron chi connectivity index (χ2n) is 7.85. The van der Waals surface area contributed by atoms with E-state index in [-0.39, 0.29) is 12.5 Å². The molecule has 2 N–H and O–H groups in total. The van der Waals surface area contributed by atoms with Crippen LogP contribution in [-0.2, 0) is 26.0 Å². The van der Waals surface area contributed by atoms with E-state index in [1.165, 1.54) is 6.21 Å². The summed E-state index contributed by atoms with van der Waals surface area (Å²) in [7, 11) is -3.67. The Morgan fingerprint density at radius 2 is 1.61 bits per heavy atom. The molecule has 0 fully saturated rings. The molecule has 0 aliphatic heterocycles. The molecule has 0 spiro atoms. The molecular weight excluding hydrogens is 480 g/mol. The summed E-state index contributed by atoms with van der Waals surface area (Å²) in [4.78, 5) is 24.3. The van der Waals surface area contributed by atoms with Gasteiger partial charge in [-0.15, -0.1) is 0 Å². The molecule has 3 aromatic carbocycles. The molecule has 0 saturated carbocycles. The van der Waals surface area contributed by atoms with E-state index < -0.39 is 22.5 Å². The van der Waals surface area contributed by atoms with E-state index in [1.54, 1.807) is 48.5 Å². The average Bonchev–Trinajstić information content (AvgIpc) is 2.87. The van der Waals surface area contributed by atoms with E-state index >= 15 is 0 Å². The zero-order chi connectivity index (χ0) is 26.0. The van der Waals surface area contributed by atoms with Crippen molar-refractivity contribution in [2.24, 2.45) is 5.10 Å². The fraction of sp³-hybridized carbons (Fsp3) is 0.192. The first-order valence-electron chi connectivity index (χ1n) is 11.2. The monoisotopic (exact) mass is 508 g/mol. The number of carbonyl (C=O) groups is 2. The highest BCUT2D eigenvalue weighted by atomic mass is 32.2. The van der Waals surface area contributed by atoms with Gasteiger partial charge in [0, 0.05) is 5.69 Å². The van der Waals surface area contributed by atoms with E-state index in [2.05, 4.69) is 15.8 Å². The van der Waals surface area contributed by atoms with Crippen LogP contribution in [0.2, 0.25) is 0 Å². The van der Waals surface area contributed by atoms with Crippen molar-refractivity contribution < 1.29 is 22.7 Å². The Morgan fingerprint density at radius 3 is 2.22 bits per heavy atom. The van der Waals surface area contributed by atoms with E-state index in [1.807, 2.05) is 37.3 Å². The van der Waals surface area contributed by atoms with Gasteiger partial charge < -0.3 is 10.1 Å². The molecule has 188 valence electrons. The molecule has 36 heavy (non-hydrogen) atoms. The number of hydrogen-bond acceptors (Lipinski definition) is 6. The van der Waals surface area contributed by atoms with Gasteiger partial charge in [0.05, 0.1) is 18.2 Å². The number of nitrogens with zero attached hydrogens (tertiary/aromatic N) is 2. The fourth-order valence-corrected chi connectivity index (χ4v) is 4.02. The number of ether oxygens (including phenoxy) is 1. The minimum Gasteiger partial charge on any atom is -0.484 e. The Balaban J connectivity index is 1.49. The number of benzene rings is 3. The van der Waals surface area contributed by atoms with Crippen molar-refractivity contribution in [2.45, 2.75) is 13.3 Å². The lowest BCUT2D eigenvalue weighted by Gasteiger charge is -2.21. The molecule has 0 radical (unpaired) electrons. The first-order chi connectivity index (χ1) is 17.2. The molecule has 2 amide bonds. The number of hydrazone groups is 1. The van der Waals surface area contributed by atoms with Gasteiger partial charge in [0.25, 0.3) is 11.8 Å². The van der Waals surface area contributed by atoms with Gasteiger partial charge in [0.15, 0.2) is 6.61 Å². The molecule has 0 heterocycles. The SMILES string of the molecule is CCc1ccc(N(CC(=O)N/N=C\c2ccc(OCC(=O)Nc3ccccc3)cc2)S(C)(=O)=O)cc1. The predicted octanol–water partition coefficient (Wildman–Crippen LogP) is 3.18. The number of nitrogens with one attached hydrogen (secondary N) is 2. The summed E-state index contributed by atoms with van der Waals surface area (Å²) in [6.07, 6.45) is 3.29. The third-order valence-corrected chi connectivity index (χ3v) is 6.17. The van der Waals surface area contributed by atoms with Crippen LogP contribution in [0, 0.1) is 0 Å².